The van der Waals surface area contributed by atoms with Crippen LogP contribution in [-0.2, 0) is 23.1 Å². The molecule has 0 bridgehead atoms. The number of hydrogen-bond donors (Lipinski definition) is 0. The Kier molecular flexibility index (Phi) is 12.9. The first kappa shape index (κ1) is 29.9. The molecule has 0 radical (unpaired) electrons. The molecular weight excluding hydrogens is 466 g/mol. The quantitative estimate of drug-likeness (QED) is 0.127. The standard InChI is InChI=1S/C35H49NO2/c1-3-5-7-9-11-13-17-29-19-22-32(23-20-29)35(25-15-12-16-26-35)34(37)38-33-24-21-30(27-31(33)28-36)18-14-10-8-6-4-2/h19-24,27H,3-18,25-26H2,1-2H3. The summed E-state index contributed by atoms with van der Waals surface area (Å²) in [6.45, 7) is 4.48. The maximum Gasteiger partial charge on any atom is 0.321 e. The summed E-state index contributed by atoms with van der Waals surface area (Å²) in [5, 5.41) is 9.81. The van der Waals surface area contributed by atoms with Gasteiger partial charge < -0.3 is 4.74 Å². The molecule has 1 fully saturated rings. The van der Waals surface area contributed by atoms with Gasteiger partial charge in [0.05, 0.1) is 11.0 Å². The molecule has 2 aromatic carbocycles. The summed E-state index contributed by atoms with van der Waals surface area (Å²) in [4.78, 5) is 13.8. The molecule has 0 unspecified atom stereocenters. The molecule has 0 atom stereocenters. The van der Waals surface area contributed by atoms with Crippen molar-refractivity contribution < 1.29 is 9.53 Å². The van der Waals surface area contributed by atoms with E-state index in [0.717, 1.165) is 62.5 Å². The van der Waals surface area contributed by atoms with E-state index in [1.807, 2.05) is 18.2 Å². The monoisotopic (exact) mass is 515 g/mol. The van der Waals surface area contributed by atoms with Crippen LogP contribution in [0.2, 0.25) is 0 Å². The second-order valence-electron chi connectivity index (χ2n) is 11.4. The van der Waals surface area contributed by atoms with Gasteiger partial charge in [-0.25, -0.2) is 0 Å². The number of rotatable bonds is 16. The minimum Gasteiger partial charge on any atom is -0.424 e. The molecule has 3 nitrogen and oxygen atoms in total. The molecule has 1 saturated carbocycles. The second kappa shape index (κ2) is 16.4. The predicted octanol–water partition coefficient (Wildman–Crippen LogP) is 9.78. The number of nitrogens with zero attached hydrogens (tertiary/aromatic N) is 1. The molecule has 3 rings (SSSR count). The number of benzene rings is 2. The van der Waals surface area contributed by atoms with E-state index in [4.69, 9.17) is 4.74 Å². The van der Waals surface area contributed by atoms with Gasteiger partial charge in [0.25, 0.3) is 0 Å². The molecule has 0 aromatic heterocycles. The maximum absolute atomic E-state index is 13.8. The Labute approximate surface area is 232 Å². The lowest BCUT2D eigenvalue weighted by Crippen LogP contribution is -2.41. The lowest BCUT2D eigenvalue weighted by Gasteiger charge is -2.35. The second-order valence-corrected chi connectivity index (χ2v) is 11.4. The van der Waals surface area contributed by atoms with Crippen LogP contribution >= 0.6 is 0 Å². The van der Waals surface area contributed by atoms with E-state index in [1.165, 1.54) is 69.8 Å². The number of esters is 1. The molecule has 0 amide bonds. The molecule has 0 aliphatic heterocycles. The Balaban J connectivity index is 1.66. The summed E-state index contributed by atoms with van der Waals surface area (Å²) in [7, 11) is 0. The fourth-order valence-corrected chi connectivity index (χ4v) is 5.91. The fourth-order valence-electron chi connectivity index (χ4n) is 5.91. The minimum absolute atomic E-state index is 0.204. The highest BCUT2D eigenvalue weighted by molar-refractivity contribution is 5.85. The van der Waals surface area contributed by atoms with Gasteiger partial charge in [0.2, 0.25) is 0 Å². The number of ether oxygens (including phenoxy) is 1. The minimum atomic E-state index is -0.623. The van der Waals surface area contributed by atoms with Crippen LogP contribution in [0, 0.1) is 11.3 Å². The van der Waals surface area contributed by atoms with Crippen molar-refractivity contribution in [3.63, 3.8) is 0 Å². The summed E-state index contributed by atoms with van der Waals surface area (Å²) < 4.78 is 6.03. The summed E-state index contributed by atoms with van der Waals surface area (Å²) in [6, 6.07) is 16.8. The molecule has 0 saturated heterocycles. The van der Waals surface area contributed by atoms with Crippen LogP contribution in [0.25, 0.3) is 0 Å². The normalized spacial score (nSPS) is 14.7. The van der Waals surface area contributed by atoms with Gasteiger partial charge in [-0.2, -0.15) is 5.26 Å². The lowest BCUT2D eigenvalue weighted by atomic mass is 9.69. The third-order valence-electron chi connectivity index (χ3n) is 8.36. The van der Waals surface area contributed by atoms with Crippen LogP contribution in [-0.4, -0.2) is 5.97 Å². The molecule has 1 aliphatic carbocycles. The maximum atomic E-state index is 13.8. The summed E-state index contributed by atoms with van der Waals surface area (Å²) >= 11 is 0. The number of unbranched alkanes of at least 4 members (excludes halogenated alkanes) is 9. The highest BCUT2D eigenvalue weighted by atomic mass is 16.5. The van der Waals surface area contributed by atoms with Crippen LogP contribution in [0.5, 0.6) is 5.75 Å². The lowest BCUT2D eigenvalue weighted by molar-refractivity contribution is -0.142. The molecule has 1 aliphatic rings. The SMILES string of the molecule is CCCCCCCCc1ccc(C2(C(=O)Oc3ccc(CCCCCCC)cc3C#N)CCCCC2)cc1. The average Bonchev–Trinajstić information content (AvgIpc) is 2.96. The zero-order chi connectivity index (χ0) is 27.1. The zero-order valence-electron chi connectivity index (χ0n) is 24.0. The van der Waals surface area contributed by atoms with Crippen molar-refractivity contribution in [1.82, 2.24) is 0 Å². The number of aryl methyl sites for hydroxylation is 2. The molecular formula is C35H49NO2. The molecule has 0 heterocycles. The number of carbonyl (C=O) groups is 1. The summed E-state index contributed by atoms with van der Waals surface area (Å²) in [6.07, 6.45) is 20.8. The van der Waals surface area contributed by atoms with Crippen LogP contribution < -0.4 is 4.74 Å². The molecule has 2 aromatic rings. The van der Waals surface area contributed by atoms with E-state index < -0.39 is 5.41 Å². The van der Waals surface area contributed by atoms with E-state index in [2.05, 4.69) is 44.2 Å². The molecule has 3 heteroatoms. The van der Waals surface area contributed by atoms with Gasteiger partial charge in [0.1, 0.15) is 11.8 Å². The summed E-state index contributed by atoms with van der Waals surface area (Å²) in [5.41, 5.74) is 3.40. The highest BCUT2D eigenvalue weighted by Gasteiger charge is 2.43. The Morgan fingerprint density at radius 1 is 0.763 bits per heavy atom. The Morgan fingerprint density at radius 2 is 1.32 bits per heavy atom. The van der Waals surface area contributed by atoms with Crippen LogP contribution in [0.4, 0.5) is 0 Å². The van der Waals surface area contributed by atoms with E-state index in [9.17, 15) is 10.1 Å². The van der Waals surface area contributed by atoms with E-state index in [0.29, 0.717) is 11.3 Å². The first-order valence-corrected chi connectivity index (χ1v) is 15.5. The van der Waals surface area contributed by atoms with Crippen LogP contribution in [0.15, 0.2) is 42.5 Å². The van der Waals surface area contributed by atoms with Gasteiger partial charge in [0.15, 0.2) is 0 Å². The van der Waals surface area contributed by atoms with Gasteiger partial charge >= 0.3 is 5.97 Å². The summed E-state index contributed by atoms with van der Waals surface area (Å²) in [5.74, 6) is 0.196. The highest BCUT2D eigenvalue weighted by Crippen LogP contribution is 2.41. The van der Waals surface area contributed by atoms with E-state index >= 15 is 0 Å². The first-order chi connectivity index (χ1) is 18.6. The largest absolute Gasteiger partial charge is 0.424 e. The zero-order valence-corrected chi connectivity index (χ0v) is 24.0. The van der Waals surface area contributed by atoms with Crippen molar-refractivity contribution in [2.75, 3.05) is 0 Å². The molecule has 38 heavy (non-hydrogen) atoms. The predicted molar refractivity (Wildman–Crippen MR) is 158 cm³/mol. The third kappa shape index (κ3) is 8.72. The molecule has 206 valence electrons. The van der Waals surface area contributed by atoms with Crippen molar-refractivity contribution in [3.05, 3.63) is 64.7 Å². The Bertz CT molecular complexity index is 1010. The Morgan fingerprint density at radius 3 is 1.92 bits per heavy atom. The average molecular weight is 516 g/mol. The van der Waals surface area contributed by atoms with Gasteiger partial charge in [0, 0.05) is 0 Å². The van der Waals surface area contributed by atoms with Gasteiger partial charge in [-0.1, -0.05) is 121 Å². The number of hydrogen-bond acceptors (Lipinski definition) is 3. The van der Waals surface area contributed by atoms with Gasteiger partial charge in [-0.3, -0.25) is 4.79 Å². The number of nitriles is 1. The fraction of sp³-hybridized carbons (Fsp3) is 0.600. The van der Waals surface area contributed by atoms with Crippen LogP contribution in [0.3, 0.4) is 0 Å². The van der Waals surface area contributed by atoms with Crippen molar-refractivity contribution in [2.24, 2.45) is 0 Å². The van der Waals surface area contributed by atoms with Gasteiger partial charge in [-0.05, 0) is 67.3 Å². The van der Waals surface area contributed by atoms with E-state index in [-0.39, 0.29) is 5.97 Å². The topological polar surface area (TPSA) is 50.1 Å². The smallest absolute Gasteiger partial charge is 0.321 e. The molecule has 0 spiro atoms. The third-order valence-corrected chi connectivity index (χ3v) is 8.36. The van der Waals surface area contributed by atoms with Crippen molar-refractivity contribution in [1.29, 1.82) is 5.26 Å². The van der Waals surface area contributed by atoms with Crippen molar-refractivity contribution in [3.8, 4) is 11.8 Å². The van der Waals surface area contributed by atoms with Gasteiger partial charge in [-0.15, -0.1) is 0 Å². The number of carbonyl (C=O) groups excluding carboxylic acids is 1. The first-order valence-electron chi connectivity index (χ1n) is 15.5. The Hall–Kier alpha value is -2.60. The van der Waals surface area contributed by atoms with Crippen molar-refractivity contribution in [2.45, 2.75) is 135 Å². The van der Waals surface area contributed by atoms with Crippen molar-refractivity contribution >= 4 is 5.97 Å². The molecule has 0 N–H and O–H groups in total. The van der Waals surface area contributed by atoms with E-state index in [1.54, 1.807) is 0 Å². The van der Waals surface area contributed by atoms with Crippen LogP contribution in [0.1, 0.15) is 139 Å².